The topological polar surface area (TPSA) is 37.3 Å². The van der Waals surface area contributed by atoms with Gasteiger partial charge in [-0.2, -0.15) is 0 Å². The van der Waals surface area contributed by atoms with E-state index in [1.54, 1.807) is 0 Å². The van der Waals surface area contributed by atoms with Crippen LogP contribution in [0.25, 0.3) is 0 Å². The summed E-state index contributed by atoms with van der Waals surface area (Å²) >= 11 is 0. The molecule has 0 aromatic rings. The SMILES string of the molecule is C=C(C)CC(C)(C)CC(=O)O. The molecule has 0 rings (SSSR count). The third kappa shape index (κ3) is 5.64. The van der Waals surface area contributed by atoms with Gasteiger partial charge in [0.2, 0.25) is 0 Å². The maximum atomic E-state index is 10.4. The fourth-order valence-electron chi connectivity index (χ4n) is 1.29. The lowest BCUT2D eigenvalue weighted by atomic mass is 9.83. The Balaban J connectivity index is 3.99. The number of carbonyl (C=O) groups is 1. The van der Waals surface area contributed by atoms with Crippen molar-refractivity contribution in [3.05, 3.63) is 12.2 Å². The van der Waals surface area contributed by atoms with E-state index in [1.165, 1.54) is 0 Å². The number of allylic oxidation sites excluding steroid dienone is 1. The van der Waals surface area contributed by atoms with Gasteiger partial charge in [-0.15, -0.1) is 6.58 Å². The smallest absolute Gasteiger partial charge is 0.303 e. The van der Waals surface area contributed by atoms with Gasteiger partial charge in [-0.25, -0.2) is 0 Å². The predicted octanol–water partition coefficient (Wildman–Crippen LogP) is 2.45. The van der Waals surface area contributed by atoms with Crippen LogP contribution in [0.15, 0.2) is 12.2 Å². The summed E-state index contributed by atoms with van der Waals surface area (Å²) in [6.07, 6.45) is 0.985. The molecule has 0 aromatic carbocycles. The Morgan fingerprint density at radius 3 is 2.18 bits per heavy atom. The monoisotopic (exact) mass is 156 g/mol. The van der Waals surface area contributed by atoms with E-state index in [-0.39, 0.29) is 11.8 Å². The molecule has 1 N–H and O–H groups in total. The Labute approximate surface area is 67.9 Å². The fourth-order valence-corrected chi connectivity index (χ4v) is 1.29. The summed E-state index contributed by atoms with van der Waals surface area (Å²) in [5.74, 6) is -0.740. The number of carboxylic acids is 1. The van der Waals surface area contributed by atoms with E-state index in [0.29, 0.717) is 0 Å². The number of rotatable bonds is 4. The lowest BCUT2D eigenvalue weighted by Gasteiger charge is -2.21. The maximum absolute atomic E-state index is 10.4. The van der Waals surface area contributed by atoms with Gasteiger partial charge in [-0.3, -0.25) is 4.79 Å². The quantitative estimate of drug-likeness (QED) is 0.635. The lowest BCUT2D eigenvalue weighted by Crippen LogP contribution is -2.16. The zero-order valence-electron chi connectivity index (χ0n) is 7.48. The van der Waals surface area contributed by atoms with E-state index in [1.807, 2.05) is 20.8 Å². The van der Waals surface area contributed by atoms with Crippen LogP contribution >= 0.6 is 0 Å². The molecule has 0 atom stereocenters. The molecule has 0 radical (unpaired) electrons. The molecule has 0 aliphatic heterocycles. The summed E-state index contributed by atoms with van der Waals surface area (Å²) in [5.41, 5.74) is 0.883. The van der Waals surface area contributed by atoms with Gasteiger partial charge >= 0.3 is 5.97 Å². The summed E-state index contributed by atoms with van der Waals surface area (Å²) in [4.78, 5) is 10.4. The van der Waals surface area contributed by atoms with E-state index in [0.717, 1.165) is 12.0 Å². The second-order valence-electron chi connectivity index (χ2n) is 3.87. The van der Waals surface area contributed by atoms with Crippen molar-refractivity contribution in [3.63, 3.8) is 0 Å². The van der Waals surface area contributed by atoms with Crippen LogP contribution < -0.4 is 0 Å². The van der Waals surface area contributed by atoms with Crippen molar-refractivity contribution in [2.24, 2.45) is 5.41 Å². The molecule has 0 fully saturated rings. The maximum Gasteiger partial charge on any atom is 0.303 e. The van der Waals surface area contributed by atoms with E-state index >= 15 is 0 Å². The van der Waals surface area contributed by atoms with Gasteiger partial charge in [0.15, 0.2) is 0 Å². The number of hydrogen-bond donors (Lipinski definition) is 1. The molecule has 0 unspecified atom stereocenters. The Kier molecular flexibility index (Phi) is 3.30. The first-order chi connectivity index (χ1) is 4.83. The summed E-state index contributed by atoms with van der Waals surface area (Å²) in [7, 11) is 0. The number of hydrogen-bond acceptors (Lipinski definition) is 1. The third-order valence-corrected chi connectivity index (χ3v) is 1.41. The molecule has 64 valence electrons. The minimum atomic E-state index is -0.740. The molecular weight excluding hydrogens is 140 g/mol. The van der Waals surface area contributed by atoms with Crippen molar-refractivity contribution in [2.45, 2.75) is 33.6 Å². The third-order valence-electron chi connectivity index (χ3n) is 1.41. The first-order valence-corrected chi connectivity index (χ1v) is 3.70. The summed E-state index contributed by atoms with van der Waals surface area (Å²) in [5, 5.41) is 8.53. The Morgan fingerprint density at radius 1 is 1.45 bits per heavy atom. The molecule has 0 aliphatic carbocycles. The first kappa shape index (κ1) is 10.2. The van der Waals surface area contributed by atoms with Gasteiger partial charge in [0.05, 0.1) is 6.42 Å². The Bertz CT molecular complexity index is 150. The molecule has 2 nitrogen and oxygen atoms in total. The van der Waals surface area contributed by atoms with Gasteiger partial charge in [0, 0.05) is 0 Å². The van der Waals surface area contributed by atoms with Crippen LogP contribution in [0.3, 0.4) is 0 Å². The minimum Gasteiger partial charge on any atom is -0.481 e. The standard InChI is InChI=1S/C9H16O2/c1-7(2)5-9(3,4)6-8(10)11/h1,5-6H2,2-4H3,(H,10,11). The molecule has 0 saturated carbocycles. The zero-order chi connectivity index (χ0) is 9.07. The second kappa shape index (κ2) is 3.56. The largest absolute Gasteiger partial charge is 0.481 e. The highest BCUT2D eigenvalue weighted by atomic mass is 16.4. The highest BCUT2D eigenvalue weighted by molar-refractivity contribution is 5.67. The molecule has 0 bridgehead atoms. The van der Waals surface area contributed by atoms with Crippen LogP contribution in [-0.2, 0) is 4.79 Å². The van der Waals surface area contributed by atoms with Crippen LogP contribution in [-0.4, -0.2) is 11.1 Å². The fraction of sp³-hybridized carbons (Fsp3) is 0.667. The van der Waals surface area contributed by atoms with Crippen molar-refractivity contribution in [2.75, 3.05) is 0 Å². The number of carboxylic acid groups (broad SMARTS) is 1. The highest BCUT2D eigenvalue weighted by Crippen LogP contribution is 2.27. The van der Waals surface area contributed by atoms with E-state index in [9.17, 15) is 4.79 Å². The van der Waals surface area contributed by atoms with Crippen LogP contribution in [0.2, 0.25) is 0 Å². The molecule has 0 heterocycles. The van der Waals surface area contributed by atoms with Crippen LogP contribution in [0.4, 0.5) is 0 Å². The average Bonchev–Trinajstić information content (AvgIpc) is 1.53. The molecule has 0 spiro atoms. The molecular formula is C9H16O2. The zero-order valence-corrected chi connectivity index (χ0v) is 7.48. The van der Waals surface area contributed by atoms with Crippen molar-refractivity contribution < 1.29 is 9.90 Å². The first-order valence-electron chi connectivity index (χ1n) is 3.70. The molecule has 0 aromatic heterocycles. The molecule has 0 amide bonds. The normalized spacial score (nSPS) is 11.2. The predicted molar refractivity (Wildman–Crippen MR) is 45.5 cm³/mol. The van der Waals surface area contributed by atoms with Gasteiger partial charge in [0.25, 0.3) is 0 Å². The number of aliphatic carboxylic acids is 1. The van der Waals surface area contributed by atoms with E-state index in [4.69, 9.17) is 5.11 Å². The van der Waals surface area contributed by atoms with E-state index < -0.39 is 5.97 Å². The second-order valence-corrected chi connectivity index (χ2v) is 3.87. The molecule has 0 saturated heterocycles. The van der Waals surface area contributed by atoms with Crippen molar-refractivity contribution in [3.8, 4) is 0 Å². The van der Waals surface area contributed by atoms with Crippen molar-refractivity contribution in [1.82, 2.24) is 0 Å². The van der Waals surface area contributed by atoms with Gasteiger partial charge in [-0.05, 0) is 18.8 Å². The lowest BCUT2D eigenvalue weighted by molar-refractivity contribution is -0.139. The Morgan fingerprint density at radius 2 is 1.91 bits per heavy atom. The van der Waals surface area contributed by atoms with Crippen LogP contribution in [0.5, 0.6) is 0 Å². The molecule has 2 heteroatoms. The molecule has 11 heavy (non-hydrogen) atoms. The molecule has 0 aliphatic rings. The summed E-state index contributed by atoms with van der Waals surface area (Å²) < 4.78 is 0. The van der Waals surface area contributed by atoms with Crippen molar-refractivity contribution in [1.29, 1.82) is 0 Å². The highest BCUT2D eigenvalue weighted by Gasteiger charge is 2.21. The van der Waals surface area contributed by atoms with Crippen LogP contribution in [0.1, 0.15) is 33.6 Å². The van der Waals surface area contributed by atoms with Gasteiger partial charge in [-0.1, -0.05) is 19.4 Å². The minimum absolute atomic E-state index is 0.155. The average molecular weight is 156 g/mol. The summed E-state index contributed by atoms with van der Waals surface area (Å²) in [6.45, 7) is 9.56. The Hall–Kier alpha value is -0.790. The summed E-state index contributed by atoms with van der Waals surface area (Å²) in [6, 6.07) is 0. The van der Waals surface area contributed by atoms with Gasteiger partial charge in [0.1, 0.15) is 0 Å². The van der Waals surface area contributed by atoms with Crippen molar-refractivity contribution >= 4 is 5.97 Å². The van der Waals surface area contributed by atoms with Crippen LogP contribution in [0, 0.1) is 5.41 Å². The van der Waals surface area contributed by atoms with Gasteiger partial charge < -0.3 is 5.11 Å². The van der Waals surface area contributed by atoms with E-state index in [2.05, 4.69) is 6.58 Å².